The van der Waals surface area contributed by atoms with Gasteiger partial charge in [-0.2, -0.15) is 5.10 Å². The van der Waals surface area contributed by atoms with Gasteiger partial charge in [-0.25, -0.2) is 14.3 Å². The van der Waals surface area contributed by atoms with Crippen molar-refractivity contribution in [1.82, 2.24) is 24.7 Å². The number of urea groups is 1. The molecule has 0 atom stereocenters. The molecule has 0 radical (unpaired) electrons. The van der Waals surface area contributed by atoms with Crippen LogP contribution in [0.2, 0.25) is 0 Å². The van der Waals surface area contributed by atoms with Gasteiger partial charge in [-0.15, -0.1) is 0 Å². The van der Waals surface area contributed by atoms with Gasteiger partial charge in [0.05, 0.1) is 32.2 Å². The summed E-state index contributed by atoms with van der Waals surface area (Å²) in [6.45, 7) is 11.3. The standard InChI is InChI=1S/C29H33N7O4/c1-29(2,3)24-18-25(34-40-24)32-28(37)33-26-20-36-27(31-26)17-22(19-30-36)6-5-21-7-9-23(10-8-21)39-14-4-11-35-12-15-38-16-13-35/h7-10,17-20H,4,11-16H2,1-3H3,(H2,32,33,34,37). The topological polar surface area (TPSA) is 119 Å². The zero-order valence-electron chi connectivity index (χ0n) is 22.9. The minimum Gasteiger partial charge on any atom is -0.494 e. The number of aromatic nitrogens is 4. The Balaban J connectivity index is 1.13. The van der Waals surface area contributed by atoms with Gasteiger partial charge in [0.25, 0.3) is 0 Å². The highest BCUT2D eigenvalue weighted by molar-refractivity contribution is 5.98. The molecule has 2 amide bonds. The molecule has 0 unspecified atom stereocenters. The van der Waals surface area contributed by atoms with E-state index in [9.17, 15) is 4.79 Å². The third kappa shape index (κ3) is 7.37. The second-order valence-corrected chi connectivity index (χ2v) is 10.5. The fourth-order valence-electron chi connectivity index (χ4n) is 4.04. The first-order chi connectivity index (χ1) is 19.3. The molecule has 1 saturated heterocycles. The average molecular weight is 544 g/mol. The number of fused-ring (bicyclic) bond motifs is 1. The van der Waals surface area contributed by atoms with E-state index >= 15 is 0 Å². The summed E-state index contributed by atoms with van der Waals surface area (Å²) in [7, 11) is 0. The van der Waals surface area contributed by atoms with Crippen molar-refractivity contribution in [2.75, 3.05) is 50.1 Å². The van der Waals surface area contributed by atoms with E-state index in [1.807, 2.05) is 51.1 Å². The van der Waals surface area contributed by atoms with Gasteiger partial charge in [0.15, 0.2) is 17.3 Å². The predicted octanol–water partition coefficient (Wildman–Crippen LogP) is 4.16. The lowest BCUT2D eigenvalue weighted by atomic mass is 9.93. The number of morpholine rings is 1. The molecule has 0 spiro atoms. The largest absolute Gasteiger partial charge is 0.494 e. The van der Waals surface area contributed by atoms with Crippen molar-refractivity contribution in [1.29, 1.82) is 0 Å². The van der Waals surface area contributed by atoms with Crippen molar-refractivity contribution < 1.29 is 18.8 Å². The SMILES string of the molecule is CC(C)(C)c1cc(NC(=O)Nc2cn3ncc(C#Cc4ccc(OCCCN5CCOCC5)cc4)cc3n2)no1. The molecule has 0 saturated carbocycles. The summed E-state index contributed by atoms with van der Waals surface area (Å²) in [5, 5.41) is 13.6. The van der Waals surface area contributed by atoms with Crippen LogP contribution in [0, 0.1) is 11.8 Å². The number of benzene rings is 1. The molecule has 5 rings (SSSR count). The first-order valence-electron chi connectivity index (χ1n) is 13.3. The van der Waals surface area contributed by atoms with Crippen molar-refractivity contribution in [3.8, 4) is 17.6 Å². The van der Waals surface area contributed by atoms with Gasteiger partial charge in [-0.1, -0.05) is 37.8 Å². The predicted molar refractivity (Wildman–Crippen MR) is 151 cm³/mol. The average Bonchev–Trinajstić information content (AvgIpc) is 3.57. The van der Waals surface area contributed by atoms with E-state index in [1.54, 1.807) is 23.0 Å². The number of nitrogens with one attached hydrogen (secondary N) is 2. The summed E-state index contributed by atoms with van der Waals surface area (Å²) in [5.41, 5.74) is 1.91. The Morgan fingerprint density at radius 2 is 1.80 bits per heavy atom. The number of imidazole rings is 1. The number of amides is 2. The lowest BCUT2D eigenvalue weighted by Crippen LogP contribution is -2.37. The van der Waals surface area contributed by atoms with Crippen LogP contribution in [0.5, 0.6) is 5.75 Å². The minimum absolute atomic E-state index is 0.210. The van der Waals surface area contributed by atoms with E-state index in [4.69, 9.17) is 14.0 Å². The third-order valence-electron chi connectivity index (χ3n) is 6.25. The zero-order valence-corrected chi connectivity index (χ0v) is 22.9. The van der Waals surface area contributed by atoms with Crippen molar-refractivity contribution in [2.24, 2.45) is 0 Å². The number of rotatable bonds is 7. The van der Waals surface area contributed by atoms with Crippen LogP contribution in [0.4, 0.5) is 16.4 Å². The molecule has 2 N–H and O–H groups in total. The molecule has 208 valence electrons. The molecule has 11 heteroatoms. The molecule has 4 aromatic rings. The highest BCUT2D eigenvalue weighted by Crippen LogP contribution is 2.24. The van der Waals surface area contributed by atoms with Gasteiger partial charge in [-0.05, 0) is 30.7 Å². The van der Waals surface area contributed by atoms with Gasteiger partial charge < -0.3 is 14.0 Å². The maximum absolute atomic E-state index is 12.4. The lowest BCUT2D eigenvalue weighted by Gasteiger charge is -2.26. The van der Waals surface area contributed by atoms with E-state index in [2.05, 4.69) is 42.6 Å². The summed E-state index contributed by atoms with van der Waals surface area (Å²) in [4.78, 5) is 19.2. The van der Waals surface area contributed by atoms with Crippen LogP contribution in [-0.4, -0.2) is 70.1 Å². The van der Waals surface area contributed by atoms with Crippen LogP contribution in [0.25, 0.3) is 5.65 Å². The quantitative estimate of drug-likeness (QED) is 0.264. The van der Waals surface area contributed by atoms with Crippen LogP contribution in [0.1, 0.15) is 44.1 Å². The summed E-state index contributed by atoms with van der Waals surface area (Å²) < 4.78 is 18.1. The molecule has 0 aliphatic carbocycles. The first kappa shape index (κ1) is 27.2. The third-order valence-corrected chi connectivity index (χ3v) is 6.25. The number of nitrogens with zero attached hydrogens (tertiary/aromatic N) is 5. The van der Waals surface area contributed by atoms with E-state index in [0.29, 0.717) is 35.2 Å². The van der Waals surface area contributed by atoms with Gasteiger partial charge >= 0.3 is 6.03 Å². The van der Waals surface area contributed by atoms with Crippen molar-refractivity contribution in [3.63, 3.8) is 0 Å². The summed E-state index contributed by atoms with van der Waals surface area (Å²) >= 11 is 0. The summed E-state index contributed by atoms with van der Waals surface area (Å²) in [6, 6.07) is 10.8. The van der Waals surface area contributed by atoms with E-state index < -0.39 is 6.03 Å². The van der Waals surface area contributed by atoms with Crippen molar-refractivity contribution in [3.05, 3.63) is 65.7 Å². The Morgan fingerprint density at radius 1 is 1.05 bits per heavy atom. The van der Waals surface area contributed by atoms with Gasteiger partial charge in [0, 0.05) is 48.3 Å². The monoisotopic (exact) mass is 543 g/mol. The maximum atomic E-state index is 12.4. The number of hydrogen-bond donors (Lipinski definition) is 2. The fourth-order valence-corrected chi connectivity index (χ4v) is 4.04. The Kier molecular flexibility index (Phi) is 8.28. The molecule has 40 heavy (non-hydrogen) atoms. The zero-order chi connectivity index (χ0) is 28.0. The highest BCUT2D eigenvalue weighted by Gasteiger charge is 2.20. The molecular formula is C29H33N7O4. The number of ether oxygens (including phenoxy) is 2. The summed E-state index contributed by atoms with van der Waals surface area (Å²) in [5.74, 6) is 8.43. The van der Waals surface area contributed by atoms with Gasteiger partial charge in [0.2, 0.25) is 0 Å². The smallest absolute Gasteiger partial charge is 0.326 e. The lowest BCUT2D eigenvalue weighted by molar-refractivity contribution is 0.0358. The highest BCUT2D eigenvalue weighted by atomic mass is 16.5. The second-order valence-electron chi connectivity index (χ2n) is 10.5. The Hall–Kier alpha value is -4.40. The number of hydrogen-bond acceptors (Lipinski definition) is 8. The fraction of sp³-hybridized carbons (Fsp3) is 0.379. The number of carbonyl (C=O) groups excluding carboxylic acids is 1. The van der Waals surface area contributed by atoms with Gasteiger partial charge in [0.1, 0.15) is 11.5 Å². The first-order valence-corrected chi connectivity index (χ1v) is 13.3. The molecule has 3 aromatic heterocycles. The van der Waals surface area contributed by atoms with Crippen LogP contribution >= 0.6 is 0 Å². The van der Waals surface area contributed by atoms with Crippen molar-refractivity contribution >= 4 is 23.3 Å². The van der Waals surface area contributed by atoms with E-state index in [0.717, 1.165) is 50.6 Å². The number of anilines is 2. The number of carbonyl (C=O) groups is 1. The molecule has 1 aliphatic heterocycles. The maximum Gasteiger partial charge on any atom is 0.326 e. The molecule has 11 nitrogen and oxygen atoms in total. The Morgan fingerprint density at radius 3 is 2.55 bits per heavy atom. The van der Waals surface area contributed by atoms with E-state index in [1.165, 1.54) is 0 Å². The molecule has 1 fully saturated rings. The van der Waals surface area contributed by atoms with Crippen LogP contribution < -0.4 is 15.4 Å². The molecule has 4 heterocycles. The van der Waals surface area contributed by atoms with Crippen LogP contribution in [0.3, 0.4) is 0 Å². The molecule has 1 aromatic carbocycles. The Labute approximate surface area is 232 Å². The molecule has 0 bridgehead atoms. The van der Waals surface area contributed by atoms with Crippen LogP contribution in [0.15, 0.2) is 53.3 Å². The summed E-state index contributed by atoms with van der Waals surface area (Å²) in [6.07, 6.45) is 4.25. The van der Waals surface area contributed by atoms with Gasteiger partial charge in [-0.3, -0.25) is 15.5 Å². The Bertz CT molecular complexity index is 1500. The van der Waals surface area contributed by atoms with E-state index in [-0.39, 0.29) is 5.41 Å². The second kappa shape index (κ2) is 12.2. The normalized spacial score (nSPS) is 14.0. The van der Waals surface area contributed by atoms with Crippen molar-refractivity contribution in [2.45, 2.75) is 32.6 Å². The van der Waals surface area contributed by atoms with Crippen LogP contribution in [-0.2, 0) is 10.2 Å². The minimum atomic E-state index is -0.485. The molecule has 1 aliphatic rings. The molecular weight excluding hydrogens is 510 g/mol.